The van der Waals surface area contributed by atoms with E-state index in [1.165, 1.54) is 347 Å². The third-order valence-corrected chi connectivity index (χ3v) is 22.3. The van der Waals surface area contributed by atoms with Gasteiger partial charge in [-0.1, -0.05) is 430 Å². The average Bonchev–Trinajstić information content (AvgIpc) is 0.872. The molecule has 0 aliphatic heterocycles. The zero-order chi connectivity index (χ0) is 86.6. The molecule has 0 unspecified atom stereocenters. The van der Waals surface area contributed by atoms with E-state index in [1.54, 1.807) is 0 Å². The summed E-state index contributed by atoms with van der Waals surface area (Å²) in [5.74, 6) is 40.6. The lowest BCUT2D eigenvalue weighted by atomic mass is 10.1. The van der Waals surface area contributed by atoms with Crippen molar-refractivity contribution < 1.29 is 28.4 Å². The molecule has 0 saturated carbocycles. The number of rotatable bonds is 72. The van der Waals surface area contributed by atoms with E-state index in [1.807, 2.05) is 74.5 Å². The van der Waals surface area contributed by atoms with Crippen molar-refractivity contribution in [2.75, 3.05) is 39.6 Å². The standard InChI is InChI=1S/C58H86O3.C34H54O2.C22H30O/c1-6-11-14-17-20-23-26-29-32-37-46-59-56-45-44-52(49-53(56)40-9-4)42-35-36-43-55-51-57(60-47-38-33-30-27-24-21-18-15-12-7-2)54(41-10-5)50-58(55)61-48-39-34-31-28-25-22-19-16-13-8-3;1-5-9-11-13-15-17-19-21-23-25-27-35-33-29-32(8-4)34(30-31(33)7-3)36-28-26-24-22-20-18-16-14-12-10-6-2;1-4-7-8-9-10-11-12-13-14-15-18-23-22-17-16-20(5-2)19-21(22)6-3/h44-45,49-51H,6-8,11-34,37-39,46-48H2,1-5H3;3-4,29-30H,5-6,9-28H2,1-2H3;2-3,16-17,19H,4,7-15,18H2,1H3. The van der Waals surface area contributed by atoms with Gasteiger partial charge in [0, 0.05) is 35.4 Å². The van der Waals surface area contributed by atoms with Crippen molar-refractivity contribution in [3.05, 3.63) is 105 Å². The molecule has 0 spiro atoms. The van der Waals surface area contributed by atoms with Gasteiger partial charge < -0.3 is 28.4 Å². The first-order valence-corrected chi connectivity index (χ1v) is 49.4. The molecule has 4 rings (SSSR count). The number of benzene rings is 4. The second kappa shape index (κ2) is 82.1. The SMILES string of the molecule is C#Cc1cc(OCCCCCCCCCCCC)c(C#C)cc1OCCCCCCCCCCCC.C#Cc1ccc(OCCCCCCCCCCCC)c(C#C)c1.CC#Cc1cc(C#CC#Cc2cc(OCCCCCCCCCCCC)c(C#CC)cc2OCCCCCCCCCCCC)ccc1OCCCCCCCCCCCC. The van der Waals surface area contributed by atoms with Crippen LogP contribution in [0.15, 0.2) is 60.7 Å². The quantitative estimate of drug-likeness (QED) is 0.0324. The van der Waals surface area contributed by atoms with Crippen molar-refractivity contribution >= 4 is 0 Å². The van der Waals surface area contributed by atoms with E-state index in [0.29, 0.717) is 44.5 Å². The summed E-state index contributed by atoms with van der Waals surface area (Å²) in [7, 11) is 0. The van der Waals surface area contributed by atoms with E-state index in [2.05, 4.69) is 113 Å². The minimum Gasteiger partial charge on any atom is -0.492 e. The summed E-state index contributed by atoms with van der Waals surface area (Å²) in [5.41, 5.74) is 6.35. The van der Waals surface area contributed by atoms with Gasteiger partial charge >= 0.3 is 0 Å². The number of hydrogen-bond acceptors (Lipinski definition) is 6. The van der Waals surface area contributed by atoms with Crippen LogP contribution >= 0.6 is 0 Å². The van der Waals surface area contributed by atoms with Crippen molar-refractivity contribution in [2.24, 2.45) is 0 Å². The van der Waals surface area contributed by atoms with Crippen LogP contribution in [0.25, 0.3) is 0 Å². The predicted molar refractivity (Wildman–Crippen MR) is 520 cm³/mol. The minimum absolute atomic E-state index is 0.656. The lowest BCUT2D eigenvalue weighted by Gasteiger charge is -2.14. The number of terminal acetylenes is 4. The first kappa shape index (κ1) is 108. The van der Waals surface area contributed by atoms with Crippen LogP contribution in [0.4, 0.5) is 0 Å². The average molecular weight is 1640 g/mol. The Hall–Kier alpha value is -7.84. The summed E-state index contributed by atoms with van der Waals surface area (Å²) >= 11 is 0. The molecule has 0 fully saturated rings. The fourth-order valence-electron chi connectivity index (χ4n) is 14.8. The Morgan fingerprint density at radius 2 is 0.383 bits per heavy atom. The van der Waals surface area contributed by atoms with Gasteiger partial charge in [-0.25, -0.2) is 0 Å². The van der Waals surface area contributed by atoms with E-state index in [9.17, 15) is 0 Å². The van der Waals surface area contributed by atoms with Gasteiger partial charge in [0.2, 0.25) is 0 Å². The van der Waals surface area contributed by atoms with Crippen molar-refractivity contribution in [3.8, 4) is 131 Å². The van der Waals surface area contributed by atoms with Crippen molar-refractivity contribution in [3.63, 3.8) is 0 Å². The largest absolute Gasteiger partial charge is 0.492 e. The zero-order valence-electron chi connectivity index (χ0n) is 78.2. The molecule has 6 nitrogen and oxygen atoms in total. The highest BCUT2D eigenvalue weighted by Gasteiger charge is 2.14. The topological polar surface area (TPSA) is 55.4 Å². The van der Waals surface area contributed by atoms with Gasteiger partial charge in [-0.05, 0) is 107 Å². The van der Waals surface area contributed by atoms with Crippen molar-refractivity contribution in [1.82, 2.24) is 0 Å². The Morgan fingerprint density at radius 3 is 0.642 bits per heavy atom. The molecule has 0 radical (unpaired) electrons. The normalized spacial score (nSPS) is 10.4. The Labute approximate surface area is 740 Å². The molecule has 0 bridgehead atoms. The summed E-state index contributed by atoms with van der Waals surface area (Å²) in [6, 6.07) is 19.4. The fourth-order valence-corrected chi connectivity index (χ4v) is 14.8. The minimum atomic E-state index is 0.656. The molecule has 6 heteroatoms. The number of unbranched alkanes of at least 4 members (excludes halogenated alkanes) is 54. The third kappa shape index (κ3) is 59.0. The molecule has 120 heavy (non-hydrogen) atoms. The summed E-state index contributed by atoms with van der Waals surface area (Å²) in [6.07, 6.45) is 101. The smallest absolute Gasteiger partial charge is 0.136 e. The van der Waals surface area contributed by atoms with Crippen LogP contribution in [0.5, 0.6) is 34.5 Å². The van der Waals surface area contributed by atoms with Gasteiger partial charge in [0.1, 0.15) is 34.5 Å². The Bertz CT molecular complexity index is 3540. The first-order valence-electron chi connectivity index (χ1n) is 49.4. The number of ether oxygens (including phenoxy) is 6. The van der Waals surface area contributed by atoms with Crippen molar-refractivity contribution in [1.29, 1.82) is 0 Å². The molecule has 4 aromatic carbocycles. The van der Waals surface area contributed by atoms with E-state index >= 15 is 0 Å². The predicted octanol–water partition coefficient (Wildman–Crippen LogP) is 32.9. The van der Waals surface area contributed by atoms with Gasteiger partial charge in [-0.2, -0.15) is 0 Å². The molecule has 0 amide bonds. The Morgan fingerprint density at radius 1 is 0.192 bits per heavy atom. The molecule has 0 aromatic heterocycles. The van der Waals surface area contributed by atoms with Crippen LogP contribution in [-0.2, 0) is 0 Å². The van der Waals surface area contributed by atoms with Crippen LogP contribution < -0.4 is 28.4 Å². The molecule has 0 aliphatic rings. The second-order valence-corrected chi connectivity index (χ2v) is 33.1. The summed E-state index contributed by atoms with van der Waals surface area (Å²) in [5, 5.41) is 0. The zero-order valence-corrected chi connectivity index (χ0v) is 78.2. The maximum absolute atomic E-state index is 6.41. The van der Waals surface area contributed by atoms with E-state index < -0.39 is 0 Å². The molecule has 0 N–H and O–H groups in total. The molecule has 0 atom stereocenters. The molecule has 0 heterocycles. The highest BCUT2D eigenvalue weighted by atomic mass is 16.5. The monoisotopic (exact) mass is 1640 g/mol. The first-order chi connectivity index (χ1) is 59.2. The van der Waals surface area contributed by atoms with E-state index in [4.69, 9.17) is 54.1 Å². The molecule has 662 valence electrons. The maximum Gasteiger partial charge on any atom is 0.136 e. The third-order valence-electron chi connectivity index (χ3n) is 22.3. The van der Waals surface area contributed by atoms with Gasteiger partial charge in [0.25, 0.3) is 0 Å². The fraction of sp³-hybridized carbons (Fsp3) is 0.649. The van der Waals surface area contributed by atoms with Crippen LogP contribution in [-0.4, -0.2) is 39.6 Å². The van der Waals surface area contributed by atoms with Gasteiger partial charge in [-0.3, -0.25) is 0 Å². The van der Waals surface area contributed by atoms with Crippen LogP contribution in [0.1, 0.15) is 485 Å². The van der Waals surface area contributed by atoms with E-state index in [0.717, 1.165) is 113 Å². The maximum atomic E-state index is 6.41. The second-order valence-electron chi connectivity index (χ2n) is 33.1. The van der Waals surface area contributed by atoms with Gasteiger partial charge in [0.05, 0.1) is 73.0 Å². The highest BCUT2D eigenvalue weighted by Crippen LogP contribution is 2.32. The number of hydrogen-bond donors (Lipinski definition) is 0. The van der Waals surface area contributed by atoms with Crippen molar-refractivity contribution in [2.45, 2.75) is 441 Å². The highest BCUT2D eigenvalue weighted by molar-refractivity contribution is 5.61. The Kier molecular flexibility index (Phi) is 74.1. The molecular formula is C114H170O6. The Balaban J connectivity index is 0.000000692. The lowest BCUT2D eigenvalue weighted by molar-refractivity contribution is 0.295. The van der Waals surface area contributed by atoms with Crippen LogP contribution in [0, 0.1) is 96.7 Å². The summed E-state index contributed by atoms with van der Waals surface area (Å²) in [6.45, 7) is 21.5. The molecule has 0 saturated heterocycles. The summed E-state index contributed by atoms with van der Waals surface area (Å²) < 4.78 is 36.8. The van der Waals surface area contributed by atoms with Gasteiger partial charge in [0.15, 0.2) is 0 Å². The van der Waals surface area contributed by atoms with E-state index in [-0.39, 0.29) is 0 Å². The molecule has 0 aliphatic carbocycles. The lowest BCUT2D eigenvalue weighted by Crippen LogP contribution is -2.03. The van der Waals surface area contributed by atoms with Crippen LogP contribution in [0.3, 0.4) is 0 Å². The molecular weight excluding hydrogens is 1470 g/mol. The molecule has 4 aromatic rings. The van der Waals surface area contributed by atoms with Crippen LogP contribution in [0.2, 0.25) is 0 Å². The summed E-state index contributed by atoms with van der Waals surface area (Å²) in [4.78, 5) is 0. The van der Waals surface area contributed by atoms with Gasteiger partial charge in [-0.15, -0.1) is 37.5 Å².